The molecule has 0 aromatic heterocycles. The first-order chi connectivity index (χ1) is 20.1. The predicted molar refractivity (Wildman–Crippen MR) is 156 cm³/mol. The zero-order valence-electron chi connectivity index (χ0n) is 26.0. The second kappa shape index (κ2) is 13.4. The minimum Gasteiger partial charge on any atom is -0.394 e. The van der Waals surface area contributed by atoms with E-state index < -0.39 is 73.6 Å². The summed E-state index contributed by atoms with van der Waals surface area (Å²) in [6.07, 6.45) is -5.88. The van der Waals surface area contributed by atoms with Crippen LogP contribution in [0.5, 0.6) is 0 Å². The van der Waals surface area contributed by atoms with Gasteiger partial charge in [-0.05, 0) is 75.0 Å². The van der Waals surface area contributed by atoms with Gasteiger partial charge in [0.2, 0.25) is 0 Å². The summed E-state index contributed by atoms with van der Waals surface area (Å²) in [5.41, 5.74) is -0.0910. The molecule has 0 radical (unpaired) electrons. The Morgan fingerprint density at radius 1 is 1.00 bits per heavy atom. The van der Waals surface area contributed by atoms with E-state index in [-0.39, 0.29) is 29.3 Å². The SMILES string of the molecule is C=C[C@@](C)(O)CC[C@H]1C(=C)CC[C@@H]2[C@](C)(CO[C@@H]3O[C@H](CO)[C@@H](O)[C@H](O)[C@H]3O[C@@H]3O[C@@H](C)[C@H](O)[C@@H](O)[C@H]3O)CCC[C@@]21C. The smallest absolute Gasteiger partial charge is 0.187 e. The minimum absolute atomic E-state index is 0.0667. The topological polar surface area (TPSA) is 179 Å². The maximum atomic E-state index is 11.0. The van der Waals surface area contributed by atoms with Gasteiger partial charge in [-0.1, -0.05) is 38.5 Å². The summed E-state index contributed by atoms with van der Waals surface area (Å²) in [7, 11) is 0. The number of ether oxygens (including phenoxy) is 4. The molecule has 2 aliphatic carbocycles. The van der Waals surface area contributed by atoms with E-state index in [2.05, 4.69) is 27.0 Å². The lowest BCUT2D eigenvalue weighted by Crippen LogP contribution is -2.64. The molecule has 2 heterocycles. The zero-order chi connectivity index (χ0) is 31.9. The van der Waals surface area contributed by atoms with Crippen LogP contribution in [0.3, 0.4) is 0 Å². The van der Waals surface area contributed by atoms with Crippen LogP contribution in [0, 0.1) is 22.7 Å². The third kappa shape index (κ3) is 6.92. The molecular weight excluding hydrogens is 560 g/mol. The molecule has 11 heteroatoms. The first kappa shape index (κ1) is 34.9. The van der Waals surface area contributed by atoms with Crippen molar-refractivity contribution < 1.29 is 54.7 Å². The highest BCUT2D eigenvalue weighted by molar-refractivity contribution is 5.17. The normalized spacial score (nSPS) is 48.8. The van der Waals surface area contributed by atoms with Gasteiger partial charge in [0.1, 0.15) is 42.7 Å². The Labute approximate surface area is 255 Å². The predicted octanol–water partition coefficient (Wildman–Crippen LogP) is 1.15. The van der Waals surface area contributed by atoms with Gasteiger partial charge in [-0.25, -0.2) is 0 Å². The molecule has 15 atom stereocenters. The molecule has 248 valence electrons. The molecular formula is C32H54O11. The number of allylic oxidation sites excluding steroid dienone is 1. The van der Waals surface area contributed by atoms with Crippen LogP contribution in [-0.4, -0.2) is 116 Å². The Hall–Kier alpha value is -0.960. The number of aliphatic hydroxyl groups is 7. The number of fused-ring (bicyclic) bond motifs is 1. The Kier molecular flexibility index (Phi) is 10.9. The summed E-state index contributed by atoms with van der Waals surface area (Å²) in [4.78, 5) is 0. The van der Waals surface area contributed by atoms with Gasteiger partial charge in [0.05, 0.1) is 24.9 Å². The first-order valence-corrected chi connectivity index (χ1v) is 15.7. The van der Waals surface area contributed by atoms with Crippen molar-refractivity contribution in [3.8, 4) is 0 Å². The fourth-order valence-electron chi connectivity index (χ4n) is 8.22. The zero-order valence-corrected chi connectivity index (χ0v) is 26.0. The average Bonchev–Trinajstić information content (AvgIpc) is 2.96. The second-order valence-electron chi connectivity index (χ2n) is 14.2. The van der Waals surface area contributed by atoms with Gasteiger partial charge in [0, 0.05) is 0 Å². The number of hydrogen-bond acceptors (Lipinski definition) is 11. The van der Waals surface area contributed by atoms with Crippen LogP contribution in [0.25, 0.3) is 0 Å². The third-order valence-electron chi connectivity index (χ3n) is 11.0. The highest BCUT2D eigenvalue weighted by Crippen LogP contribution is 2.62. The lowest BCUT2D eigenvalue weighted by Gasteiger charge is -2.59. The molecule has 4 fully saturated rings. The molecule has 0 unspecified atom stereocenters. The van der Waals surface area contributed by atoms with Gasteiger partial charge in [-0.15, -0.1) is 6.58 Å². The van der Waals surface area contributed by atoms with Crippen molar-refractivity contribution in [2.24, 2.45) is 22.7 Å². The lowest BCUT2D eigenvalue weighted by atomic mass is 9.46. The fraction of sp³-hybridized carbons (Fsp3) is 0.875. The van der Waals surface area contributed by atoms with E-state index >= 15 is 0 Å². The number of aliphatic hydroxyl groups excluding tert-OH is 6. The van der Waals surface area contributed by atoms with E-state index in [9.17, 15) is 35.7 Å². The van der Waals surface area contributed by atoms with Crippen LogP contribution in [0.15, 0.2) is 24.8 Å². The highest BCUT2D eigenvalue weighted by Gasteiger charge is 2.56. The number of hydrogen-bond donors (Lipinski definition) is 7. The van der Waals surface area contributed by atoms with Crippen molar-refractivity contribution >= 4 is 0 Å². The molecule has 11 nitrogen and oxygen atoms in total. The minimum atomic E-state index is -1.63. The van der Waals surface area contributed by atoms with Crippen LogP contribution in [0.4, 0.5) is 0 Å². The Morgan fingerprint density at radius 3 is 2.35 bits per heavy atom. The molecule has 0 aromatic rings. The van der Waals surface area contributed by atoms with Crippen LogP contribution in [-0.2, 0) is 18.9 Å². The van der Waals surface area contributed by atoms with E-state index in [4.69, 9.17) is 18.9 Å². The quantitative estimate of drug-likeness (QED) is 0.176. The van der Waals surface area contributed by atoms with E-state index in [0.29, 0.717) is 6.42 Å². The molecule has 0 bridgehead atoms. The van der Waals surface area contributed by atoms with E-state index in [0.717, 1.165) is 38.5 Å². The average molecular weight is 615 g/mol. The molecule has 7 N–H and O–H groups in total. The highest BCUT2D eigenvalue weighted by atomic mass is 16.8. The van der Waals surface area contributed by atoms with Crippen molar-refractivity contribution in [1.29, 1.82) is 0 Å². The van der Waals surface area contributed by atoms with Gasteiger partial charge >= 0.3 is 0 Å². The van der Waals surface area contributed by atoms with E-state index in [1.165, 1.54) is 12.5 Å². The third-order valence-corrected chi connectivity index (χ3v) is 11.0. The molecule has 43 heavy (non-hydrogen) atoms. The van der Waals surface area contributed by atoms with E-state index in [1.807, 2.05) is 0 Å². The van der Waals surface area contributed by atoms with Crippen molar-refractivity contribution in [2.75, 3.05) is 13.2 Å². The summed E-state index contributed by atoms with van der Waals surface area (Å²) in [6.45, 7) is 15.7. The largest absolute Gasteiger partial charge is 0.394 e. The molecule has 0 spiro atoms. The monoisotopic (exact) mass is 614 g/mol. The van der Waals surface area contributed by atoms with Gasteiger partial charge in [-0.3, -0.25) is 0 Å². The first-order valence-electron chi connectivity index (χ1n) is 15.7. The summed E-state index contributed by atoms with van der Waals surface area (Å²) in [5.74, 6) is 0.495. The second-order valence-corrected chi connectivity index (χ2v) is 14.2. The van der Waals surface area contributed by atoms with Gasteiger partial charge in [0.25, 0.3) is 0 Å². The summed E-state index contributed by atoms with van der Waals surface area (Å²) >= 11 is 0. The van der Waals surface area contributed by atoms with Gasteiger partial charge in [0.15, 0.2) is 12.6 Å². The summed E-state index contributed by atoms with van der Waals surface area (Å²) < 4.78 is 23.7. The van der Waals surface area contributed by atoms with Crippen molar-refractivity contribution in [3.05, 3.63) is 24.8 Å². The van der Waals surface area contributed by atoms with Crippen molar-refractivity contribution in [3.63, 3.8) is 0 Å². The molecule has 0 aromatic carbocycles. The maximum absolute atomic E-state index is 11.0. The van der Waals surface area contributed by atoms with E-state index in [1.54, 1.807) is 13.0 Å². The molecule has 0 amide bonds. The Bertz CT molecular complexity index is 975. The van der Waals surface area contributed by atoms with Gasteiger partial charge in [-0.2, -0.15) is 0 Å². The summed E-state index contributed by atoms with van der Waals surface area (Å²) in [5, 5.41) is 72.9. The van der Waals surface area contributed by atoms with Crippen LogP contribution in [0.1, 0.15) is 72.6 Å². The lowest BCUT2D eigenvalue weighted by molar-refractivity contribution is -0.367. The molecule has 4 rings (SSSR count). The van der Waals surface area contributed by atoms with Crippen molar-refractivity contribution in [2.45, 2.75) is 140 Å². The van der Waals surface area contributed by atoms with Crippen LogP contribution < -0.4 is 0 Å². The Balaban J connectivity index is 1.53. The number of rotatable bonds is 10. The molecule has 2 saturated carbocycles. The molecule has 2 aliphatic heterocycles. The Morgan fingerprint density at radius 2 is 1.70 bits per heavy atom. The molecule has 2 saturated heterocycles. The van der Waals surface area contributed by atoms with Crippen LogP contribution >= 0.6 is 0 Å². The standard InChI is InChI=1S/C32H54O11/c1-7-31(5,39)14-11-19-17(2)9-10-21-30(4,12-8-13-32(19,21)6)16-40-29-27(25(37)23(35)20(15-33)42-29)43-28-26(38)24(36)22(34)18(3)41-28/h7,18-29,33-39H,1-2,8-16H2,3-6H3/t18-,19-,20+,21+,22-,23+,24+,25-,26+,27+,28-,29+,30-,31+,32+/m0/s1. The molecule has 4 aliphatic rings. The van der Waals surface area contributed by atoms with Crippen LogP contribution in [0.2, 0.25) is 0 Å². The van der Waals surface area contributed by atoms with Crippen molar-refractivity contribution in [1.82, 2.24) is 0 Å². The maximum Gasteiger partial charge on any atom is 0.187 e. The van der Waals surface area contributed by atoms with Gasteiger partial charge < -0.3 is 54.7 Å². The fourth-order valence-corrected chi connectivity index (χ4v) is 8.22. The summed E-state index contributed by atoms with van der Waals surface area (Å²) in [6, 6.07) is 0.